The molecule has 1 aliphatic carbocycles. The molecule has 1 aliphatic heterocycles. The first kappa shape index (κ1) is 15.8. The largest absolute Gasteiger partial charge is 0.493 e. The van der Waals surface area contributed by atoms with Crippen molar-refractivity contribution in [2.45, 2.75) is 26.2 Å². The Morgan fingerprint density at radius 3 is 2.83 bits per heavy atom. The van der Waals surface area contributed by atoms with Crippen LogP contribution >= 0.6 is 0 Å². The number of likely N-dealkylation sites (tertiary alicyclic amines) is 1. The topological polar surface area (TPSA) is 66.8 Å². The number of carboxylic acid groups (broad SMARTS) is 1. The lowest BCUT2D eigenvalue weighted by molar-refractivity contribution is -0.149. The number of aliphatic carboxylic acids is 1. The van der Waals surface area contributed by atoms with Gasteiger partial charge in [-0.15, -0.1) is 0 Å². The van der Waals surface area contributed by atoms with Crippen molar-refractivity contribution in [2.24, 2.45) is 11.3 Å². The third kappa shape index (κ3) is 2.90. The first-order chi connectivity index (χ1) is 10.9. The van der Waals surface area contributed by atoms with Crippen molar-refractivity contribution in [1.82, 2.24) is 4.90 Å². The molecule has 124 valence electrons. The van der Waals surface area contributed by atoms with E-state index in [1.807, 2.05) is 0 Å². The Hall–Kier alpha value is -2.11. The fourth-order valence-corrected chi connectivity index (χ4v) is 3.72. The number of hydrogen-bond donors (Lipinski definition) is 1. The highest BCUT2D eigenvalue weighted by Crippen LogP contribution is 2.52. The van der Waals surface area contributed by atoms with Gasteiger partial charge in [-0.3, -0.25) is 9.59 Å². The molecule has 1 aromatic rings. The van der Waals surface area contributed by atoms with Gasteiger partial charge in [-0.05, 0) is 43.7 Å². The molecule has 1 aromatic carbocycles. The van der Waals surface area contributed by atoms with E-state index in [1.54, 1.807) is 11.8 Å². The van der Waals surface area contributed by atoms with Crippen LogP contribution < -0.4 is 4.74 Å². The number of benzene rings is 1. The molecule has 23 heavy (non-hydrogen) atoms. The van der Waals surface area contributed by atoms with Crippen LogP contribution in [0.4, 0.5) is 4.39 Å². The first-order valence-electron chi connectivity index (χ1n) is 7.88. The zero-order chi connectivity index (χ0) is 16.6. The highest BCUT2D eigenvalue weighted by Gasteiger charge is 2.51. The normalized spacial score (nSPS) is 26.2. The van der Waals surface area contributed by atoms with Crippen LogP contribution in [0.1, 0.15) is 36.5 Å². The summed E-state index contributed by atoms with van der Waals surface area (Å²) in [6.45, 7) is 3.31. The van der Waals surface area contributed by atoms with Crippen molar-refractivity contribution in [2.75, 3.05) is 19.7 Å². The van der Waals surface area contributed by atoms with Gasteiger partial charge in [0.1, 0.15) is 11.6 Å². The van der Waals surface area contributed by atoms with E-state index in [0.717, 1.165) is 6.42 Å². The predicted molar refractivity (Wildman–Crippen MR) is 80.9 cm³/mol. The van der Waals surface area contributed by atoms with Gasteiger partial charge in [0.15, 0.2) is 0 Å². The van der Waals surface area contributed by atoms with E-state index < -0.39 is 11.8 Å². The molecule has 3 rings (SSSR count). The zero-order valence-corrected chi connectivity index (χ0v) is 13.0. The quantitative estimate of drug-likeness (QED) is 0.925. The molecule has 1 heterocycles. The van der Waals surface area contributed by atoms with E-state index in [2.05, 4.69) is 0 Å². The van der Waals surface area contributed by atoms with E-state index in [1.165, 1.54) is 18.2 Å². The van der Waals surface area contributed by atoms with Crippen LogP contribution in [0.15, 0.2) is 18.2 Å². The Morgan fingerprint density at radius 2 is 2.17 bits per heavy atom. The van der Waals surface area contributed by atoms with Gasteiger partial charge in [0.05, 0.1) is 18.1 Å². The Morgan fingerprint density at radius 1 is 1.43 bits per heavy atom. The second kappa shape index (κ2) is 5.83. The Bertz CT molecular complexity index is 639. The maximum Gasteiger partial charge on any atom is 0.306 e. The fourth-order valence-electron chi connectivity index (χ4n) is 3.72. The summed E-state index contributed by atoms with van der Waals surface area (Å²) < 4.78 is 18.7. The summed E-state index contributed by atoms with van der Waals surface area (Å²) in [4.78, 5) is 25.4. The third-order valence-electron chi connectivity index (χ3n) is 4.91. The molecule has 2 aliphatic rings. The molecule has 1 spiro atoms. The zero-order valence-electron chi connectivity index (χ0n) is 13.0. The second-order valence-corrected chi connectivity index (χ2v) is 6.49. The smallest absolute Gasteiger partial charge is 0.306 e. The summed E-state index contributed by atoms with van der Waals surface area (Å²) in [5.41, 5.74) is 0.309. The first-order valence-corrected chi connectivity index (χ1v) is 7.88. The summed E-state index contributed by atoms with van der Waals surface area (Å²) in [7, 11) is 0. The van der Waals surface area contributed by atoms with Crippen LogP contribution in [0.3, 0.4) is 0 Å². The van der Waals surface area contributed by atoms with Gasteiger partial charge in [-0.2, -0.15) is 0 Å². The number of ether oxygens (including phenoxy) is 1. The van der Waals surface area contributed by atoms with Gasteiger partial charge in [-0.25, -0.2) is 4.39 Å². The molecular formula is C17H20FNO4. The van der Waals surface area contributed by atoms with E-state index in [-0.39, 0.29) is 23.0 Å². The molecular weight excluding hydrogens is 301 g/mol. The van der Waals surface area contributed by atoms with Crippen LogP contribution in [0.5, 0.6) is 5.75 Å². The van der Waals surface area contributed by atoms with Crippen molar-refractivity contribution >= 4 is 11.9 Å². The van der Waals surface area contributed by atoms with E-state index in [0.29, 0.717) is 38.1 Å². The van der Waals surface area contributed by atoms with Gasteiger partial charge in [0.2, 0.25) is 0 Å². The number of carboxylic acids is 1. The van der Waals surface area contributed by atoms with Crippen molar-refractivity contribution < 1.29 is 23.8 Å². The average Bonchev–Trinajstić information content (AvgIpc) is 2.91. The molecule has 0 unspecified atom stereocenters. The van der Waals surface area contributed by atoms with Gasteiger partial charge in [0.25, 0.3) is 5.91 Å². The molecule has 0 aromatic heterocycles. The number of carbonyl (C=O) groups excluding carboxylic acids is 1. The van der Waals surface area contributed by atoms with E-state index in [4.69, 9.17) is 9.84 Å². The van der Waals surface area contributed by atoms with Crippen LogP contribution in [0.2, 0.25) is 0 Å². The van der Waals surface area contributed by atoms with E-state index >= 15 is 0 Å². The standard InChI is InChI=1S/C17H20FNO4/c1-2-23-14-7-12(18)3-4-13(14)15(20)19-6-5-17(10-19)8-11(9-17)16(21)22/h3-4,7,11H,2,5-6,8-10H2,1H3,(H,21,22). The molecule has 0 atom stereocenters. The summed E-state index contributed by atoms with van der Waals surface area (Å²) in [6.07, 6.45) is 2.09. The summed E-state index contributed by atoms with van der Waals surface area (Å²) in [6, 6.07) is 3.94. The molecule has 0 bridgehead atoms. The maximum absolute atomic E-state index is 13.4. The number of halogens is 1. The SMILES string of the molecule is CCOc1cc(F)ccc1C(=O)N1CCC2(CC(C(=O)O)C2)C1. The minimum atomic E-state index is -0.752. The van der Waals surface area contributed by atoms with Gasteiger partial charge < -0.3 is 14.7 Å². The van der Waals surface area contributed by atoms with Crippen molar-refractivity contribution in [3.05, 3.63) is 29.6 Å². The minimum Gasteiger partial charge on any atom is -0.493 e. The average molecular weight is 321 g/mol. The Balaban J connectivity index is 1.72. The maximum atomic E-state index is 13.4. The highest BCUT2D eigenvalue weighted by atomic mass is 19.1. The third-order valence-corrected chi connectivity index (χ3v) is 4.91. The molecule has 0 radical (unpaired) electrons. The number of carbonyl (C=O) groups is 2. The number of nitrogens with zero attached hydrogens (tertiary/aromatic N) is 1. The Labute approximate surface area is 134 Å². The lowest BCUT2D eigenvalue weighted by Crippen LogP contribution is -2.43. The molecule has 6 heteroatoms. The van der Waals surface area contributed by atoms with Crippen LogP contribution in [-0.4, -0.2) is 41.6 Å². The number of amides is 1. The van der Waals surface area contributed by atoms with Gasteiger partial charge in [-0.1, -0.05) is 0 Å². The second-order valence-electron chi connectivity index (χ2n) is 6.49. The van der Waals surface area contributed by atoms with Crippen molar-refractivity contribution in [1.29, 1.82) is 0 Å². The lowest BCUT2D eigenvalue weighted by Gasteiger charge is -2.42. The molecule has 5 nitrogen and oxygen atoms in total. The van der Waals surface area contributed by atoms with Crippen molar-refractivity contribution in [3.8, 4) is 5.75 Å². The Kier molecular flexibility index (Phi) is 4.00. The monoisotopic (exact) mass is 321 g/mol. The predicted octanol–water partition coefficient (Wildman–Crippen LogP) is 2.55. The summed E-state index contributed by atoms with van der Waals surface area (Å²) >= 11 is 0. The molecule has 2 fully saturated rings. The number of hydrogen-bond acceptors (Lipinski definition) is 3. The molecule has 1 N–H and O–H groups in total. The van der Waals surface area contributed by atoms with Gasteiger partial charge >= 0.3 is 5.97 Å². The highest BCUT2D eigenvalue weighted by molar-refractivity contribution is 5.97. The fraction of sp³-hybridized carbons (Fsp3) is 0.529. The van der Waals surface area contributed by atoms with E-state index in [9.17, 15) is 14.0 Å². The summed E-state index contributed by atoms with van der Waals surface area (Å²) in [5, 5.41) is 9.02. The molecule has 1 saturated carbocycles. The van der Waals surface area contributed by atoms with Crippen LogP contribution in [0.25, 0.3) is 0 Å². The number of rotatable bonds is 4. The molecule has 1 saturated heterocycles. The van der Waals surface area contributed by atoms with Gasteiger partial charge in [0, 0.05) is 19.2 Å². The minimum absolute atomic E-state index is 0.0511. The van der Waals surface area contributed by atoms with Crippen LogP contribution in [0, 0.1) is 17.2 Å². The summed E-state index contributed by atoms with van der Waals surface area (Å²) in [5.74, 6) is -1.39. The molecule has 1 amide bonds. The lowest BCUT2D eigenvalue weighted by atomic mass is 9.61. The van der Waals surface area contributed by atoms with Crippen molar-refractivity contribution in [3.63, 3.8) is 0 Å². The van der Waals surface area contributed by atoms with Crippen LogP contribution in [-0.2, 0) is 4.79 Å².